The van der Waals surface area contributed by atoms with Gasteiger partial charge in [0.1, 0.15) is 0 Å². The van der Waals surface area contributed by atoms with E-state index in [1.54, 1.807) is 0 Å². The van der Waals surface area contributed by atoms with Gasteiger partial charge in [0.25, 0.3) is 0 Å². The Morgan fingerprint density at radius 3 is 1.95 bits per heavy atom. The summed E-state index contributed by atoms with van der Waals surface area (Å²) in [6.07, 6.45) is 0. The fourth-order valence-electron chi connectivity index (χ4n) is 6.10. The molecule has 0 N–H and O–H groups in total. The van der Waals surface area contributed by atoms with Crippen LogP contribution in [0.4, 0.5) is 17.1 Å². The molecule has 0 fully saturated rings. The van der Waals surface area contributed by atoms with Crippen LogP contribution in [0.25, 0.3) is 53.2 Å². The molecule has 0 spiro atoms. The van der Waals surface area contributed by atoms with Crippen molar-refractivity contribution < 1.29 is 0 Å². The molecule has 8 rings (SSSR count). The van der Waals surface area contributed by atoms with E-state index in [0.717, 1.165) is 17.1 Å². The first-order valence-corrected chi connectivity index (χ1v) is 15.1. The molecule has 7 aromatic carbocycles. The lowest BCUT2D eigenvalue weighted by Gasteiger charge is -2.28. The minimum absolute atomic E-state index is 1.13. The number of rotatable bonds is 5. The number of nitrogens with zero attached hydrogens (tertiary/aromatic N) is 1. The molecule has 0 aliphatic carbocycles. The van der Waals surface area contributed by atoms with Crippen molar-refractivity contribution in [2.75, 3.05) is 4.90 Å². The molecule has 1 nitrogen and oxygen atoms in total. The number of benzene rings is 7. The summed E-state index contributed by atoms with van der Waals surface area (Å²) in [6, 6.07) is 59.2. The van der Waals surface area contributed by atoms with Crippen molar-refractivity contribution >= 4 is 59.3 Å². The first-order valence-electron chi connectivity index (χ1n) is 14.3. The summed E-state index contributed by atoms with van der Waals surface area (Å²) < 4.78 is 2.61. The number of para-hydroxylation sites is 1. The lowest BCUT2D eigenvalue weighted by Crippen LogP contribution is -2.11. The molecule has 0 radical (unpaired) electrons. The van der Waals surface area contributed by atoms with Crippen LogP contribution in [0.3, 0.4) is 0 Å². The monoisotopic (exact) mass is 553 g/mol. The predicted molar refractivity (Wildman–Crippen MR) is 182 cm³/mol. The van der Waals surface area contributed by atoms with Crippen LogP contribution in [0.15, 0.2) is 164 Å². The van der Waals surface area contributed by atoms with Gasteiger partial charge in [-0.15, -0.1) is 11.3 Å². The summed E-state index contributed by atoms with van der Waals surface area (Å²) in [5.41, 5.74) is 8.27. The van der Waals surface area contributed by atoms with E-state index in [-0.39, 0.29) is 0 Å². The van der Waals surface area contributed by atoms with E-state index in [2.05, 4.69) is 169 Å². The van der Waals surface area contributed by atoms with Crippen LogP contribution in [0.2, 0.25) is 0 Å². The van der Waals surface area contributed by atoms with Gasteiger partial charge in [0, 0.05) is 37.1 Å². The maximum absolute atomic E-state index is 2.42. The zero-order valence-electron chi connectivity index (χ0n) is 22.9. The van der Waals surface area contributed by atoms with E-state index in [9.17, 15) is 0 Å². The summed E-state index contributed by atoms with van der Waals surface area (Å²) in [6.45, 7) is 0. The van der Waals surface area contributed by atoms with E-state index in [4.69, 9.17) is 0 Å². The second kappa shape index (κ2) is 10.3. The van der Waals surface area contributed by atoms with Gasteiger partial charge in [0.15, 0.2) is 0 Å². The van der Waals surface area contributed by atoms with Gasteiger partial charge in [-0.05, 0) is 63.9 Å². The van der Waals surface area contributed by atoms with E-state index >= 15 is 0 Å². The number of thiophene rings is 1. The van der Waals surface area contributed by atoms with Crippen molar-refractivity contribution in [3.63, 3.8) is 0 Å². The standard InChI is InChI=1S/C40H27NS/c1-2-12-29(13-3-1)35-19-6-8-22-38(35)41(32-24-25-37-36-20-7-9-23-39(36)42-40(37)27-32)31-17-10-16-30(26-31)34-21-11-15-28-14-4-5-18-33(28)34/h1-27H. The zero-order chi connectivity index (χ0) is 27.9. The molecule has 0 aliphatic heterocycles. The minimum Gasteiger partial charge on any atom is -0.310 e. The molecule has 0 saturated carbocycles. The fraction of sp³-hybridized carbons (Fsp3) is 0. The third kappa shape index (κ3) is 4.25. The van der Waals surface area contributed by atoms with Crippen LogP contribution < -0.4 is 4.90 Å². The van der Waals surface area contributed by atoms with Crippen molar-refractivity contribution in [2.24, 2.45) is 0 Å². The summed E-state index contributed by atoms with van der Waals surface area (Å²) in [5.74, 6) is 0. The maximum atomic E-state index is 2.42. The van der Waals surface area contributed by atoms with E-state index in [0.29, 0.717) is 0 Å². The molecule has 42 heavy (non-hydrogen) atoms. The largest absolute Gasteiger partial charge is 0.310 e. The van der Waals surface area contributed by atoms with Crippen LogP contribution in [0.5, 0.6) is 0 Å². The van der Waals surface area contributed by atoms with E-state index in [1.807, 2.05) is 11.3 Å². The Bertz CT molecular complexity index is 2200. The first kappa shape index (κ1) is 24.6. The molecule has 0 bridgehead atoms. The highest BCUT2D eigenvalue weighted by Gasteiger charge is 2.19. The molecule has 1 aromatic heterocycles. The van der Waals surface area contributed by atoms with Crippen LogP contribution >= 0.6 is 11.3 Å². The molecule has 0 amide bonds. The summed E-state index contributed by atoms with van der Waals surface area (Å²) >= 11 is 1.86. The van der Waals surface area contributed by atoms with Gasteiger partial charge in [-0.25, -0.2) is 0 Å². The number of hydrogen-bond donors (Lipinski definition) is 0. The van der Waals surface area contributed by atoms with Gasteiger partial charge in [0.2, 0.25) is 0 Å². The van der Waals surface area contributed by atoms with Gasteiger partial charge in [-0.3, -0.25) is 0 Å². The number of hydrogen-bond acceptors (Lipinski definition) is 2. The maximum Gasteiger partial charge on any atom is 0.0540 e. The number of anilines is 3. The second-order valence-electron chi connectivity index (χ2n) is 10.6. The van der Waals surface area contributed by atoms with Crippen molar-refractivity contribution in [3.05, 3.63) is 164 Å². The summed E-state index contributed by atoms with van der Waals surface area (Å²) in [5, 5.41) is 5.14. The van der Waals surface area contributed by atoms with E-state index in [1.165, 1.54) is 53.2 Å². The average Bonchev–Trinajstić information content (AvgIpc) is 3.43. The van der Waals surface area contributed by atoms with E-state index < -0.39 is 0 Å². The number of fused-ring (bicyclic) bond motifs is 4. The van der Waals surface area contributed by atoms with Crippen molar-refractivity contribution in [1.29, 1.82) is 0 Å². The third-order valence-electron chi connectivity index (χ3n) is 8.06. The Kier molecular flexibility index (Phi) is 6.05. The minimum atomic E-state index is 1.13. The molecule has 1 heterocycles. The first-order chi connectivity index (χ1) is 20.8. The van der Waals surface area contributed by atoms with Crippen LogP contribution in [0.1, 0.15) is 0 Å². The lowest BCUT2D eigenvalue weighted by atomic mass is 9.97. The molecule has 0 unspecified atom stereocenters. The van der Waals surface area contributed by atoms with Crippen LogP contribution in [0, 0.1) is 0 Å². The highest BCUT2D eigenvalue weighted by atomic mass is 32.1. The molecule has 8 aromatic rings. The van der Waals surface area contributed by atoms with Crippen molar-refractivity contribution in [1.82, 2.24) is 0 Å². The van der Waals surface area contributed by atoms with Crippen LogP contribution in [-0.2, 0) is 0 Å². The quantitative estimate of drug-likeness (QED) is 0.205. The van der Waals surface area contributed by atoms with Crippen molar-refractivity contribution in [2.45, 2.75) is 0 Å². The molecular formula is C40H27NS. The molecule has 0 saturated heterocycles. The molecule has 0 aliphatic rings. The van der Waals surface area contributed by atoms with Gasteiger partial charge in [-0.2, -0.15) is 0 Å². The van der Waals surface area contributed by atoms with Gasteiger partial charge in [0.05, 0.1) is 5.69 Å². The highest BCUT2D eigenvalue weighted by Crippen LogP contribution is 2.44. The molecule has 0 atom stereocenters. The zero-order valence-corrected chi connectivity index (χ0v) is 23.8. The van der Waals surface area contributed by atoms with Gasteiger partial charge >= 0.3 is 0 Å². The van der Waals surface area contributed by atoms with Crippen LogP contribution in [-0.4, -0.2) is 0 Å². The highest BCUT2D eigenvalue weighted by molar-refractivity contribution is 7.25. The van der Waals surface area contributed by atoms with Gasteiger partial charge in [-0.1, -0.05) is 127 Å². The topological polar surface area (TPSA) is 3.24 Å². The normalized spacial score (nSPS) is 11.3. The summed E-state index contributed by atoms with van der Waals surface area (Å²) in [7, 11) is 0. The Morgan fingerprint density at radius 2 is 1.02 bits per heavy atom. The fourth-order valence-corrected chi connectivity index (χ4v) is 7.24. The Labute approximate surface area is 249 Å². The average molecular weight is 554 g/mol. The lowest BCUT2D eigenvalue weighted by molar-refractivity contribution is 1.29. The van der Waals surface area contributed by atoms with Crippen molar-refractivity contribution in [3.8, 4) is 22.3 Å². The second-order valence-corrected chi connectivity index (χ2v) is 11.7. The predicted octanol–water partition coefficient (Wildman–Crippen LogP) is 12.0. The third-order valence-corrected chi connectivity index (χ3v) is 9.19. The smallest absolute Gasteiger partial charge is 0.0540 e. The Morgan fingerprint density at radius 1 is 0.381 bits per heavy atom. The Balaban J connectivity index is 1.36. The molecular weight excluding hydrogens is 527 g/mol. The Hall–Kier alpha value is -5.18. The molecule has 198 valence electrons. The SMILES string of the molecule is c1ccc(-c2ccccc2N(c2cccc(-c3cccc4ccccc34)c2)c2ccc3c(c2)sc2ccccc23)cc1. The molecule has 2 heteroatoms. The summed E-state index contributed by atoms with van der Waals surface area (Å²) in [4.78, 5) is 2.42. The van der Waals surface area contributed by atoms with Gasteiger partial charge < -0.3 is 4.90 Å².